The molecule has 3 N–H and O–H groups in total. The van der Waals surface area contributed by atoms with Gasteiger partial charge >= 0.3 is 0 Å². The molecule has 1 atom stereocenters. The Morgan fingerprint density at radius 2 is 1.91 bits per heavy atom. The number of carbonyl (C=O) groups excluding carboxylic acids is 2. The molecule has 114 valence electrons. The first kappa shape index (κ1) is 16.3. The van der Waals surface area contributed by atoms with Gasteiger partial charge in [0.05, 0.1) is 16.0 Å². The summed E-state index contributed by atoms with van der Waals surface area (Å²) in [4.78, 5) is 27.6. The highest BCUT2D eigenvalue weighted by atomic mass is 35.5. The molecular formula is C15H13Cl2N3O2. The van der Waals surface area contributed by atoms with Gasteiger partial charge in [0.1, 0.15) is 0 Å². The minimum atomic E-state index is -0.716. The highest BCUT2D eigenvalue weighted by Crippen LogP contribution is 2.26. The average molecular weight is 338 g/mol. The van der Waals surface area contributed by atoms with Crippen LogP contribution in [0.2, 0.25) is 10.0 Å². The van der Waals surface area contributed by atoms with Crippen LogP contribution in [0.15, 0.2) is 42.6 Å². The van der Waals surface area contributed by atoms with E-state index in [1.807, 2.05) is 6.07 Å². The predicted molar refractivity (Wildman–Crippen MR) is 85.9 cm³/mol. The van der Waals surface area contributed by atoms with Crippen molar-refractivity contribution in [2.75, 3.05) is 5.32 Å². The molecule has 1 aromatic heterocycles. The lowest BCUT2D eigenvalue weighted by Gasteiger charge is -2.16. The first-order chi connectivity index (χ1) is 10.5. The molecule has 0 unspecified atom stereocenters. The first-order valence-electron chi connectivity index (χ1n) is 6.42. The Kier molecular flexibility index (Phi) is 5.35. The summed E-state index contributed by atoms with van der Waals surface area (Å²) in [6.07, 6.45) is 1.26. The summed E-state index contributed by atoms with van der Waals surface area (Å²) in [7, 11) is 0. The van der Waals surface area contributed by atoms with Crippen molar-refractivity contribution >= 4 is 40.8 Å². The van der Waals surface area contributed by atoms with Crippen LogP contribution < -0.4 is 11.1 Å². The van der Waals surface area contributed by atoms with Crippen LogP contribution in [0.5, 0.6) is 0 Å². The van der Waals surface area contributed by atoms with Crippen molar-refractivity contribution in [3.8, 4) is 0 Å². The molecule has 7 heteroatoms. The maximum absolute atomic E-state index is 12.4. The molecule has 0 saturated carbocycles. The summed E-state index contributed by atoms with van der Waals surface area (Å²) in [5.74, 6) is -1.52. The summed E-state index contributed by atoms with van der Waals surface area (Å²) < 4.78 is 0. The number of pyridine rings is 1. The van der Waals surface area contributed by atoms with Crippen molar-refractivity contribution in [1.29, 1.82) is 0 Å². The smallest absolute Gasteiger partial charge is 0.233 e. The van der Waals surface area contributed by atoms with Gasteiger partial charge in [0.25, 0.3) is 0 Å². The first-order valence-corrected chi connectivity index (χ1v) is 7.18. The van der Waals surface area contributed by atoms with E-state index in [4.69, 9.17) is 28.9 Å². The maximum atomic E-state index is 12.4. The lowest BCUT2D eigenvalue weighted by Crippen LogP contribution is -2.26. The van der Waals surface area contributed by atoms with Crippen molar-refractivity contribution in [2.45, 2.75) is 12.3 Å². The maximum Gasteiger partial charge on any atom is 0.233 e. The van der Waals surface area contributed by atoms with Crippen LogP contribution >= 0.6 is 23.2 Å². The molecule has 1 heterocycles. The van der Waals surface area contributed by atoms with E-state index in [2.05, 4.69) is 10.3 Å². The molecule has 0 spiro atoms. The van der Waals surface area contributed by atoms with E-state index in [-0.39, 0.29) is 17.3 Å². The number of nitrogens with one attached hydrogen (secondary N) is 1. The van der Waals surface area contributed by atoms with Crippen molar-refractivity contribution in [1.82, 2.24) is 4.98 Å². The van der Waals surface area contributed by atoms with Crippen LogP contribution in [-0.4, -0.2) is 16.8 Å². The van der Waals surface area contributed by atoms with Crippen molar-refractivity contribution in [2.24, 2.45) is 5.73 Å². The Morgan fingerprint density at radius 3 is 2.50 bits per heavy atom. The summed E-state index contributed by atoms with van der Waals surface area (Å²) in [5.41, 5.74) is 5.92. The number of amides is 2. The fraction of sp³-hybridized carbons (Fsp3) is 0.133. The number of primary amides is 1. The van der Waals surface area contributed by atoms with Crippen LogP contribution in [0.25, 0.3) is 0 Å². The van der Waals surface area contributed by atoms with E-state index in [1.54, 1.807) is 24.3 Å². The summed E-state index contributed by atoms with van der Waals surface area (Å²) >= 11 is 11.7. The molecule has 0 radical (unpaired) electrons. The second-order valence-corrected chi connectivity index (χ2v) is 5.45. The Bertz CT molecular complexity index is 692. The molecule has 0 aliphatic rings. The van der Waals surface area contributed by atoms with Gasteiger partial charge in [-0.15, -0.1) is 0 Å². The number of aromatic nitrogens is 1. The number of nitrogens with two attached hydrogens (primary N) is 1. The Hall–Kier alpha value is -2.11. The second-order valence-electron chi connectivity index (χ2n) is 4.61. The Labute approximate surface area is 137 Å². The fourth-order valence-corrected chi connectivity index (χ4v) is 2.39. The summed E-state index contributed by atoms with van der Waals surface area (Å²) in [6.45, 7) is 0. The van der Waals surface area contributed by atoms with Crippen molar-refractivity contribution in [3.05, 3.63) is 58.2 Å². The third-order valence-corrected chi connectivity index (χ3v) is 3.47. The highest BCUT2D eigenvalue weighted by Gasteiger charge is 2.23. The van der Waals surface area contributed by atoms with Gasteiger partial charge in [0.15, 0.2) is 5.82 Å². The van der Waals surface area contributed by atoms with E-state index in [9.17, 15) is 9.59 Å². The van der Waals surface area contributed by atoms with Crippen molar-refractivity contribution < 1.29 is 9.59 Å². The largest absolute Gasteiger partial charge is 0.370 e. The van der Waals surface area contributed by atoms with Gasteiger partial charge in [-0.3, -0.25) is 9.59 Å². The van der Waals surface area contributed by atoms with Gasteiger partial charge < -0.3 is 11.1 Å². The Morgan fingerprint density at radius 1 is 1.23 bits per heavy atom. The van der Waals surface area contributed by atoms with Crippen LogP contribution in [0.1, 0.15) is 17.9 Å². The normalized spacial score (nSPS) is 11.7. The Balaban J connectivity index is 2.24. The number of halogens is 2. The lowest BCUT2D eigenvalue weighted by molar-refractivity contribution is -0.123. The molecule has 2 amide bonds. The molecule has 2 rings (SSSR count). The van der Waals surface area contributed by atoms with Crippen LogP contribution in [0.4, 0.5) is 5.82 Å². The van der Waals surface area contributed by atoms with E-state index in [1.165, 1.54) is 12.3 Å². The van der Waals surface area contributed by atoms with E-state index in [0.717, 1.165) is 0 Å². The van der Waals surface area contributed by atoms with E-state index < -0.39 is 17.7 Å². The van der Waals surface area contributed by atoms with Gasteiger partial charge in [-0.05, 0) is 11.6 Å². The molecule has 0 aliphatic carbocycles. The minimum absolute atomic E-state index is 0.110. The fourth-order valence-electron chi connectivity index (χ4n) is 1.96. The quantitative estimate of drug-likeness (QED) is 0.879. The number of hydrogen-bond acceptors (Lipinski definition) is 3. The molecule has 22 heavy (non-hydrogen) atoms. The zero-order valence-corrected chi connectivity index (χ0v) is 12.9. The molecule has 0 fully saturated rings. The number of hydrogen-bond donors (Lipinski definition) is 2. The zero-order valence-electron chi connectivity index (χ0n) is 11.4. The van der Waals surface area contributed by atoms with E-state index >= 15 is 0 Å². The molecule has 0 bridgehead atoms. The predicted octanol–water partition coefficient (Wildman–Crippen LogP) is 2.99. The van der Waals surface area contributed by atoms with Crippen LogP contribution in [0, 0.1) is 0 Å². The average Bonchev–Trinajstić information content (AvgIpc) is 2.48. The van der Waals surface area contributed by atoms with E-state index in [0.29, 0.717) is 10.6 Å². The summed E-state index contributed by atoms with van der Waals surface area (Å²) in [6, 6.07) is 10.4. The SMILES string of the molecule is NC(=O)C[C@@H](C(=O)Nc1ncc(Cl)cc1Cl)c1ccccc1. The number of rotatable bonds is 5. The van der Waals surface area contributed by atoms with Crippen LogP contribution in [0.3, 0.4) is 0 Å². The van der Waals surface area contributed by atoms with Crippen molar-refractivity contribution in [3.63, 3.8) is 0 Å². The number of carbonyl (C=O) groups is 2. The van der Waals surface area contributed by atoms with Gasteiger partial charge in [-0.1, -0.05) is 53.5 Å². The van der Waals surface area contributed by atoms with Gasteiger partial charge in [-0.25, -0.2) is 4.98 Å². The third-order valence-electron chi connectivity index (χ3n) is 2.97. The number of nitrogens with zero attached hydrogens (tertiary/aromatic N) is 1. The molecule has 0 aliphatic heterocycles. The van der Waals surface area contributed by atoms with Crippen LogP contribution in [-0.2, 0) is 9.59 Å². The van der Waals surface area contributed by atoms with Gasteiger partial charge in [-0.2, -0.15) is 0 Å². The zero-order chi connectivity index (χ0) is 16.1. The number of benzene rings is 1. The monoisotopic (exact) mass is 337 g/mol. The molecule has 2 aromatic rings. The summed E-state index contributed by atoms with van der Waals surface area (Å²) in [5, 5.41) is 3.17. The number of anilines is 1. The molecule has 1 aromatic carbocycles. The standard InChI is InChI=1S/C15H13Cl2N3O2/c16-10-6-12(17)14(19-8-10)20-15(22)11(7-13(18)21)9-4-2-1-3-5-9/h1-6,8,11H,7H2,(H2,18,21)(H,19,20,22)/t11-/m1/s1. The van der Waals surface area contributed by atoms with Gasteiger partial charge in [0, 0.05) is 12.6 Å². The third kappa shape index (κ3) is 4.19. The molecular weight excluding hydrogens is 325 g/mol. The highest BCUT2D eigenvalue weighted by molar-refractivity contribution is 6.36. The lowest BCUT2D eigenvalue weighted by atomic mass is 9.94. The molecule has 0 saturated heterocycles. The van der Waals surface area contributed by atoms with Gasteiger partial charge in [0.2, 0.25) is 11.8 Å². The molecule has 5 nitrogen and oxygen atoms in total. The topological polar surface area (TPSA) is 85.1 Å². The second kappa shape index (κ2) is 7.24. The minimum Gasteiger partial charge on any atom is -0.370 e.